The van der Waals surface area contributed by atoms with E-state index in [0.29, 0.717) is 16.5 Å². The van der Waals surface area contributed by atoms with Crippen LogP contribution in [0.15, 0.2) is 42.5 Å². The van der Waals surface area contributed by atoms with Crippen LogP contribution in [0.4, 0.5) is 5.69 Å². The van der Waals surface area contributed by atoms with Gasteiger partial charge >= 0.3 is 5.97 Å². The monoisotopic (exact) mass is 335 g/mol. The van der Waals surface area contributed by atoms with Crippen molar-refractivity contribution < 1.29 is 24.2 Å². The van der Waals surface area contributed by atoms with Crippen molar-refractivity contribution in [1.82, 2.24) is 0 Å². The lowest BCUT2D eigenvalue weighted by Gasteiger charge is -2.11. The fourth-order valence-corrected chi connectivity index (χ4v) is 1.99. The van der Waals surface area contributed by atoms with Crippen molar-refractivity contribution in [2.75, 3.05) is 19.0 Å². The van der Waals surface area contributed by atoms with Gasteiger partial charge in [-0.15, -0.1) is 0 Å². The highest BCUT2D eigenvalue weighted by molar-refractivity contribution is 6.31. The van der Waals surface area contributed by atoms with Crippen LogP contribution in [0.1, 0.15) is 10.4 Å². The molecule has 0 aromatic heterocycles. The molecule has 0 unspecified atom stereocenters. The van der Waals surface area contributed by atoms with Crippen molar-refractivity contribution in [1.29, 1.82) is 0 Å². The summed E-state index contributed by atoms with van der Waals surface area (Å²) in [5, 5.41) is 12.5. The number of methoxy groups -OCH3 is 1. The summed E-state index contributed by atoms with van der Waals surface area (Å²) in [5.41, 5.74) is 0.351. The molecule has 120 valence electrons. The number of nitrogens with one attached hydrogen (secondary N) is 1. The first-order valence-corrected chi connectivity index (χ1v) is 6.97. The van der Waals surface area contributed by atoms with Crippen LogP contribution in [-0.4, -0.2) is 30.7 Å². The van der Waals surface area contributed by atoms with Gasteiger partial charge in [-0.25, -0.2) is 4.79 Å². The summed E-state index contributed by atoms with van der Waals surface area (Å²) >= 11 is 5.86. The van der Waals surface area contributed by atoms with Crippen molar-refractivity contribution in [2.24, 2.45) is 0 Å². The normalized spacial score (nSPS) is 10.0. The van der Waals surface area contributed by atoms with Gasteiger partial charge in [-0.3, -0.25) is 4.79 Å². The second-order valence-electron chi connectivity index (χ2n) is 4.49. The van der Waals surface area contributed by atoms with E-state index in [-0.39, 0.29) is 11.3 Å². The predicted octanol–water partition coefficient (Wildman–Crippen LogP) is 2.85. The standard InChI is InChI=1S/C16H14ClNO5/c1-22-14-7-6-10(17)8-12(14)18-15(20)9-23-16(21)11-4-2-3-5-13(11)19/h2-8,19H,9H2,1H3,(H,18,20). The minimum Gasteiger partial charge on any atom is -0.507 e. The van der Waals surface area contributed by atoms with Crippen molar-refractivity contribution in [2.45, 2.75) is 0 Å². The molecular weight excluding hydrogens is 322 g/mol. The lowest BCUT2D eigenvalue weighted by atomic mass is 10.2. The zero-order chi connectivity index (χ0) is 16.8. The Morgan fingerprint density at radius 3 is 2.65 bits per heavy atom. The summed E-state index contributed by atoms with van der Waals surface area (Å²) in [7, 11) is 1.46. The molecule has 2 N–H and O–H groups in total. The second-order valence-corrected chi connectivity index (χ2v) is 4.92. The van der Waals surface area contributed by atoms with Crippen molar-refractivity contribution >= 4 is 29.2 Å². The molecule has 0 atom stereocenters. The van der Waals surface area contributed by atoms with E-state index in [9.17, 15) is 14.7 Å². The van der Waals surface area contributed by atoms with E-state index in [2.05, 4.69) is 5.32 Å². The molecule has 0 aliphatic heterocycles. The summed E-state index contributed by atoms with van der Waals surface area (Å²) in [5.74, 6) is -1.14. The van der Waals surface area contributed by atoms with Crippen LogP contribution in [-0.2, 0) is 9.53 Å². The van der Waals surface area contributed by atoms with Crippen LogP contribution in [0.3, 0.4) is 0 Å². The Labute approximate surface area is 137 Å². The minimum absolute atomic E-state index is 0.0133. The molecule has 0 radical (unpaired) electrons. The van der Waals surface area contributed by atoms with Crippen molar-refractivity contribution in [3.8, 4) is 11.5 Å². The predicted molar refractivity (Wildman–Crippen MR) is 85.0 cm³/mol. The molecule has 2 aromatic rings. The highest BCUT2D eigenvalue weighted by Crippen LogP contribution is 2.27. The topological polar surface area (TPSA) is 84.9 Å². The number of amides is 1. The number of carbonyl (C=O) groups excluding carboxylic acids is 2. The van der Waals surface area contributed by atoms with Crippen LogP contribution in [0, 0.1) is 0 Å². The SMILES string of the molecule is COc1ccc(Cl)cc1NC(=O)COC(=O)c1ccccc1O. The number of hydrogen-bond donors (Lipinski definition) is 2. The first kappa shape index (κ1) is 16.6. The summed E-state index contributed by atoms with van der Waals surface area (Å²) in [6.07, 6.45) is 0. The number of anilines is 1. The number of benzene rings is 2. The molecule has 0 spiro atoms. The molecular formula is C16H14ClNO5. The minimum atomic E-state index is -0.795. The van der Waals surface area contributed by atoms with Gasteiger partial charge in [-0.2, -0.15) is 0 Å². The molecule has 6 nitrogen and oxygen atoms in total. The van der Waals surface area contributed by atoms with Gasteiger partial charge in [0.15, 0.2) is 6.61 Å². The van der Waals surface area contributed by atoms with Gasteiger partial charge in [0.25, 0.3) is 5.91 Å². The molecule has 0 fully saturated rings. The average Bonchev–Trinajstić information content (AvgIpc) is 2.53. The first-order chi connectivity index (χ1) is 11.0. The molecule has 1 amide bonds. The number of para-hydroxylation sites is 1. The van der Waals surface area contributed by atoms with Gasteiger partial charge in [0.05, 0.1) is 12.8 Å². The number of halogens is 1. The van der Waals surface area contributed by atoms with Crippen molar-refractivity contribution in [3.05, 3.63) is 53.1 Å². The molecule has 2 rings (SSSR count). The Bertz CT molecular complexity index is 732. The largest absolute Gasteiger partial charge is 0.507 e. The Morgan fingerprint density at radius 2 is 1.96 bits per heavy atom. The lowest BCUT2D eigenvalue weighted by molar-refractivity contribution is -0.119. The molecule has 0 heterocycles. The number of esters is 1. The number of phenolic OH excluding ortho intramolecular Hbond substituents is 1. The number of hydrogen-bond acceptors (Lipinski definition) is 5. The third-order valence-corrected chi connectivity index (χ3v) is 3.13. The van der Waals surface area contributed by atoms with Crippen LogP contribution in [0.25, 0.3) is 0 Å². The van der Waals surface area contributed by atoms with E-state index >= 15 is 0 Å². The van der Waals surface area contributed by atoms with E-state index in [0.717, 1.165) is 0 Å². The van der Waals surface area contributed by atoms with Crippen LogP contribution < -0.4 is 10.1 Å². The maximum atomic E-state index is 11.9. The average molecular weight is 336 g/mol. The maximum Gasteiger partial charge on any atom is 0.342 e. The summed E-state index contributed by atoms with van der Waals surface area (Å²) in [6.45, 7) is -0.511. The van der Waals surface area contributed by atoms with Crippen LogP contribution >= 0.6 is 11.6 Å². The lowest BCUT2D eigenvalue weighted by Crippen LogP contribution is -2.21. The molecule has 0 saturated heterocycles. The van der Waals surface area contributed by atoms with Gasteiger partial charge in [0.1, 0.15) is 17.1 Å². The Kier molecular flexibility index (Phi) is 5.43. The highest BCUT2D eigenvalue weighted by atomic mass is 35.5. The molecule has 0 saturated carbocycles. The third kappa shape index (κ3) is 4.37. The fraction of sp³-hybridized carbons (Fsp3) is 0.125. The van der Waals surface area contributed by atoms with Gasteiger partial charge in [-0.05, 0) is 30.3 Å². The molecule has 0 bridgehead atoms. The third-order valence-electron chi connectivity index (χ3n) is 2.89. The number of aromatic hydroxyl groups is 1. The molecule has 23 heavy (non-hydrogen) atoms. The highest BCUT2D eigenvalue weighted by Gasteiger charge is 2.14. The zero-order valence-electron chi connectivity index (χ0n) is 12.2. The smallest absolute Gasteiger partial charge is 0.342 e. The second kappa shape index (κ2) is 7.51. The van der Waals surface area contributed by atoms with E-state index in [1.165, 1.54) is 25.3 Å². The number of carbonyl (C=O) groups is 2. The Hall–Kier alpha value is -2.73. The summed E-state index contributed by atoms with van der Waals surface area (Å²) in [4.78, 5) is 23.7. The zero-order valence-corrected chi connectivity index (χ0v) is 13.0. The summed E-state index contributed by atoms with van der Waals surface area (Å²) < 4.78 is 9.96. The molecule has 7 heteroatoms. The maximum absolute atomic E-state index is 11.9. The van der Waals surface area contributed by atoms with E-state index in [1.54, 1.807) is 24.3 Å². The van der Waals surface area contributed by atoms with Gasteiger partial charge in [0.2, 0.25) is 0 Å². The number of ether oxygens (including phenoxy) is 2. The van der Waals surface area contributed by atoms with Crippen molar-refractivity contribution in [3.63, 3.8) is 0 Å². The fourth-order valence-electron chi connectivity index (χ4n) is 1.82. The van der Waals surface area contributed by atoms with E-state index < -0.39 is 18.5 Å². The van der Waals surface area contributed by atoms with E-state index in [4.69, 9.17) is 21.1 Å². The summed E-state index contributed by atoms with van der Waals surface area (Å²) in [6, 6.07) is 10.6. The molecule has 0 aliphatic rings. The van der Waals surface area contributed by atoms with Gasteiger partial charge < -0.3 is 19.9 Å². The Balaban J connectivity index is 1.97. The van der Waals surface area contributed by atoms with Crippen LogP contribution in [0.5, 0.6) is 11.5 Å². The molecule has 2 aromatic carbocycles. The Morgan fingerprint density at radius 1 is 1.22 bits per heavy atom. The number of rotatable bonds is 5. The van der Waals surface area contributed by atoms with Gasteiger partial charge in [0, 0.05) is 5.02 Å². The van der Waals surface area contributed by atoms with Crippen LogP contribution in [0.2, 0.25) is 5.02 Å². The van der Waals surface area contributed by atoms with E-state index in [1.807, 2.05) is 0 Å². The quantitative estimate of drug-likeness (QED) is 0.821. The van der Waals surface area contributed by atoms with Gasteiger partial charge in [-0.1, -0.05) is 23.7 Å². The first-order valence-electron chi connectivity index (χ1n) is 6.59. The molecule has 0 aliphatic carbocycles. The number of phenols is 1.